The summed E-state index contributed by atoms with van der Waals surface area (Å²) in [6, 6.07) is 1.87. The third kappa shape index (κ3) is 1.27. The molecule has 1 saturated heterocycles. The minimum Gasteiger partial charge on any atom is -0.394 e. The van der Waals surface area contributed by atoms with Crippen molar-refractivity contribution < 1.29 is 14.9 Å². The van der Waals surface area contributed by atoms with Crippen LogP contribution in [0.3, 0.4) is 0 Å². The van der Waals surface area contributed by atoms with Gasteiger partial charge in [-0.05, 0) is 0 Å². The lowest BCUT2D eigenvalue weighted by atomic mass is 10.1. The third-order valence-corrected chi connectivity index (χ3v) is 1.55. The molecule has 3 atom stereocenters. The Morgan fingerprint density at radius 1 is 1.70 bits per heavy atom. The van der Waals surface area contributed by atoms with Crippen molar-refractivity contribution in [1.29, 1.82) is 5.26 Å². The Bertz CT molecular complexity index is 154. The van der Waals surface area contributed by atoms with Crippen LogP contribution < -0.4 is 0 Å². The van der Waals surface area contributed by atoms with E-state index in [1.807, 2.05) is 6.07 Å². The maximum atomic E-state index is 9.05. The molecule has 4 heteroatoms. The van der Waals surface area contributed by atoms with Crippen LogP contribution in [0.15, 0.2) is 0 Å². The molecule has 0 saturated carbocycles. The fraction of sp³-hybridized carbons (Fsp3) is 0.833. The smallest absolute Gasteiger partial charge is 0.147 e. The van der Waals surface area contributed by atoms with Crippen molar-refractivity contribution in [2.24, 2.45) is 0 Å². The average Bonchev–Trinajstić information content (AvgIpc) is 2.30. The first kappa shape index (κ1) is 7.48. The highest BCUT2D eigenvalue weighted by Gasteiger charge is 2.32. The SMILES string of the molecule is N#C[C@@H]1C[C@H](O)[C@@H](CO)O1. The van der Waals surface area contributed by atoms with Crippen molar-refractivity contribution in [3.05, 3.63) is 0 Å². The summed E-state index contributed by atoms with van der Waals surface area (Å²) in [6.07, 6.45) is -1.49. The van der Waals surface area contributed by atoms with E-state index in [2.05, 4.69) is 0 Å². The maximum absolute atomic E-state index is 9.05. The largest absolute Gasteiger partial charge is 0.394 e. The van der Waals surface area contributed by atoms with E-state index in [1.54, 1.807) is 0 Å². The third-order valence-electron chi connectivity index (χ3n) is 1.55. The minimum atomic E-state index is -0.686. The predicted molar refractivity (Wildman–Crippen MR) is 32.0 cm³/mol. The Morgan fingerprint density at radius 3 is 2.70 bits per heavy atom. The molecule has 4 nitrogen and oxygen atoms in total. The van der Waals surface area contributed by atoms with E-state index in [1.165, 1.54) is 0 Å². The highest BCUT2D eigenvalue weighted by Crippen LogP contribution is 2.18. The van der Waals surface area contributed by atoms with Crippen LogP contribution in [0.2, 0.25) is 0 Å². The van der Waals surface area contributed by atoms with Gasteiger partial charge in [-0.3, -0.25) is 0 Å². The summed E-state index contributed by atoms with van der Waals surface area (Å²) in [4.78, 5) is 0. The number of ether oxygens (including phenoxy) is 1. The van der Waals surface area contributed by atoms with Gasteiger partial charge in [0.1, 0.15) is 12.2 Å². The molecule has 0 aromatic rings. The number of rotatable bonds is 1. The zero-order valence-electron chi connectivity index (χ0n) is 5.40. The summed E-state index contributed by atoms with van der Waals surface area (Å²) in [7, 11) is 0. The summed E-state index contributed by atoms with van der Waals surface area (Å²) in [6.45, 7) is -0.223. The second kappa shape index (κ2) is 2.97. The lowest BCUT2D eigenvalue weighted by Crippen LogP contribution is -2.24. The molecule has 0 aliphatic carbocycles. The van der Waals surface area contributed by atoms with Crippen molar-refractivity contribution in [2.75, 3.05) is 6.61 Å². The number of hydrogen-bond acceptors (Lipinski definition) is 4. The van der Waals surface area contributed by atoms with Crippen LogP contribution in [0.1, 0.15) is 6.42 Å². The molecular weight excluding hydrogens is 134 g/mol. The highest BCUT2D eigenvalue weighted by atomic mass is 16.5. The summed E-state index contributed by atoms with van der Waals surface area (Å²) >= 11 is 0. The second-order valence-corrected chi connectivity index (χ2v) is 2.28. The van der Waals surface area contributed by atoms with E-state index in [4.69, 9.17) is 20.2 Å². The van der Waals surface area contributed by atoms with Gasteiger partial charge >= 0.3 is 0 Å². The molecule has 0 spiro atoms. The quantitative estimate of drug-likeness (QED) is 0.495. The number of aliphatic hydroxyl groups is 2. The lowest BCUT2D eigenvalue weighted by molar-refractivity contribution is -0.00908. The Hall–Kier alpha value is -0.630. The van der Waals surface area contributed by atoms with Gasteiger partial charge in [0.05, 0.1) is 18.8 Å². The average molecular weight is 143 g/mol. The van der Waals surface area contributed by atoms with Crippen LogP contribution in [-0.2, 0) is 4.74 Å². The van der Waals surface area contributed by atoms with Crippen molar-refractivity contribution >= 4 is 0 Å². The summed E-state index contributed by atoms with van der Waals surface area (Å²) in [5, 5.41) is 25.9. The normalized spacial score (nSPS) is 39.5. The van der Waals surface area contributed by atoms with Gasteiger partial charge in [-0.2, -0.15) is 5.26 Å². The van der Waals surface area contributed by atoms with Crippen LogP contribution in [0.25, 0.3) is 0 Å². The summed E-state index contributed by atoms with van der Waals surface area (Å²) in [5.74, 6) is 0. The molecule has 1 aliphatic rings. The molecule has 1 heterocycles. The van der Waals surface area contributed by atoms with Gasteiger partial charge in [0.25, 0.3) is 0 Å². The molecule has 0 unspecified atom stereocenters. The lowest BCUT2D eigenvalue weighted by Gasteiger charge is -2.08. The van der Waals surface area contributed by atoms with Crippen LogP contribution >= 0.6 is 0 Å². The molecule has 0 aromatic heterocycles. The van der Waals surface area contributed by atoms with Crippen LogP contribution in [0, 0.1) is 11.3 Å². The Balaban J connectivity index is 2.46. The van der Waals surface area contributed by atoms with Crippen molar-refractivity contribution in [2.45, 2.75) is 24.7 Å². The van der Waals surface area contributed by atoms with Gasteiger partial charge in [0.15, 0.2) is 0 Å². The monoisotopic (exact) mass is 143 g/mol. The van der Waals surface area contributed by atoms with Gasteiger partial charge in [0, 0.05) is 6.42 Å². The first-order valence-electron chi connectivity index (χ1n) is 3.12. The maximum Gasteiger partial charge on any atom is 0.147 e. The molecule has 0 radical (unpaired) electrons. The van der Waals surface area contributed by atoms with Gasteiger partial charge in [0.2, 0.25) is 0 Å². The van der Waals surface area contributed by atoms with E-state index in [0.717, 1.165) is 0 Å². The molecule has 0 amide bonds. The van der Waals surface area contributed by atoms with E-state index in [0.29, 0.717) is 6.42 Å². The molecule has 10 heavy (non-hydrogen) atoms. The topological polar surface area (TPSA) is 73.5 Å². The Kier molecular flexibility index (Phi) is 2.22. The van der Waals surface area contributed by atoms with Gasteiger partial charge in [-0.1, -0.05) is 0 Å². The van der Waals surface area contributed by atoms with Crippen molar-refractivity contribution in [3.63, 3.8) is 0 Å². The molecule has 1 aliphatic heterocycles. The first-order chi connectivity index (χ1) is 4.77. The van der Waals surface area contributed by atoms with Crippen LogP contribution in [0.4, 0.5) is 0 Å². The summed E-state index contributed by atoms with van der Waals surface area (Å²) < 4.78 is 4.91. The molecular formula is C6H9NO3. The molecule has 56 valence electrons. The van der Waals surface area contributed by atoms with E-state index < -0.39 is 18.3 Å². The van der Waals surface area contributed by atoms with Gasteiger partial charge < -0.3 is 14.9 Å². The highest BCUT2D eigenvalue weighted by molar-refractivity contribution is 4.94. The standard InChI is InChI=1S/C6H9NO3/c7-2-4-1-5(9)6(3-8)10-4/h4-6,8-9H,1,3H2/t4-,5-,6+/m0/s1. The molecule has 0 bridgehead atoms. The van der Waals surface area contributed by atoms with Crippen molar-refractivity contribution in [1.82, 2.24) is 0 Å². The minimum absolute atomic E-state index is 0.223. The van der Waals surface area contributed by atoms with E-state index >= 15 is 0 Å². The van der Waals surface area contributed by atoms with Crippen LogP contribution in [-0.4, -0.2) is 35.1 Å². The number of aliphatic hydroxyl groups excluding tert-OH is 2. The van der Waals surface area contributed by atoms with Gasteiger partial charge in [-0.15, -0.1) is 0 Å². The first-order valence-corrected chi connectivity index (χ1v) is 3.12. The zero-order valence-corrected chi connectivity index (χ0v) is 5.40. The fourth-order valence-corrected chi connectivity index (χ4v) is 0.976. The predicted octanol–water partition coefficient (Wildman–Crippen LogP) is -0.979. The van der Waals surface area contributed by atoms with E-state index in [-0.39, 0.29) is 6.61 Å². The number of hydrogen-bond donors (Lipinski definition) is 2. The van der Waals surface area contributed by atoms with Gasteiger partial charge in [-0.25, -0.2) is 0 Å². The molecule has 1 rings (SSSR count). The van der Waals surface area contributed by atoms with E-state index in [9.17, 15) is 0 Å². The summed E-state index contributed by atoms with van der Waals surface area (Å²) in [5.41, 5.74) is 0. The molecule has 0 aromatic carbocycles. The molecule has 2 N–H and O–H groups in total. The number of nitriles is 1. The number of nitrogens with zero attached hydrogens (tertiary/aromatic N) is 1. The van der Waals surface area contributed by atoms with Crippen LogP contribution in [0.5, 0.6) is 0 Å². The molecule has 1 fully saturated rings. The Labute approximate surface area is 58.7 Å². The Morgan fingerprint density at radius 2 is 2.40 bits per heavy atom. The fourth-order valence-electron chi connectivity index (χ4n) is 0.976. The van der Waals surface area contributed by atoms with Crippen molar-refractivity contribution in [3.8, 4) is 6.07 Å². The zero-order chi connectivity index (χ0) is 7.56. The second-order valence-electron chi connectivity index (χ2n) is 2.28.